The smallest absolute Gasteiger partial charge is 0.148 e. The number of nitrogens with zero attached hydrogens (tertiary/aromatic N) is 4. The molecule has 2 aliphatic rings. The average Bonchev–Trinajstić information content (AvgIpc) is 2.84. The number of ether oxygens (including phenoxy) is 2. The van der Waals surface area contributed by atoms with Gasteiger partial charge in [0.25, 0.3) is 0 Å². The molecule has 3 aromatic rings. The molecule has 0 amide bonds. The Kier molecular flexibility index (Phi) is 6.85. The summed E-state index contributed by atoms with van der Waals surface area (Å²) in [6, 6.07) is 7.42. The number of morpholine rings is 2. The first-order valence-electron chi connectivity index (χ1n) is 11.7. The monoisotopic (exact) mass is 469 g/mol. The number of aromatic nitrogens is 2. The maximum atomic E-state index is 13.8. The number of anilines is 2. The van der Waals surface area contributed by atoms with Gasteiger partial charge in [-0.2, -0.15) is 0 Å². The van der Waals surface area contributed by atoms with Crippen LogP contribution in [0.5, 0.6) is 0 Å². The molecule has 2 saturated heterocycles. The molecule has 1 N–H and O–H groups in total. The van der Waals surface area contributed by atoms with E-state index in [1.165, 1.54) is 12.1 Å². The van der Waals surface area contributed by atoms with Gasteiger partial charge in [0, 0.05) is 50.0 Å². The minimum absolute atomic E-state index is 0.248. The minimum Gasteiger partial charge on any atom is -0.379 e. The summed E-state index contributed by atoms with van der Waals surface area (Å²) in [5.41, 5.74) is 4.03. The van der Waals surface area contributed by atoms with Crippen molar-refractivity contribution in [2.45, 2.75) is 19.5 Å². The molecule has 9 heteroatoms. The number of halogens is 2. The highest BCUT2D eigenvalue weighted by atomic mass is 19.1. The fourth-order valence-electron chi connectivity index (χ4n) is 4.54. The summed E-state index contributed by atoms with van der Waals surface area (Å²) in [4.78, 5) is 14.2. The largest absolute Gasteiger partial charge is 0.379 e. The quantitative estimate of drug-likeness (QED) is 0.590. The molecular formula is C25H29F2N5O2. The zero-order valence-electron chi connectivity index (χ0n) is 19.3. The van der Waals surface area contributed by atoms with Crippen molar-refractivity contribution in [2.24, 2.45) is 0 Å². The van der Waals surface area contributed by atoms with E-state index in [1.807, 2.05) is 13.1 Å². The third-order valence-corrected chi connectivity index (χ3v) is 6.28. The Hall–Kier alpha value is -2.88. The van der Waals surface area contributed by atoms with Crippen molar-refractivity contribution in [3.05, 3.63) is 59.3 Å². The van der Waals surface area contributed by atoms with Gasteiger partial charge in [-0.05, 0) is 30.7 Å². The third kappa shape index (κ3) is 5.27. The van der Waals surface area contributed by atoms with Crippen LogP contribution in [0.25, 0.3) is 11.0 Å². The third-order valence-electron chi connectivity index (χ3n) is 6.28. The van der Waals surface area contributed by atoms with Gasteiger partial charge in [0.05, 0.1) is 49.7 Å². The summed E-state index contributed by atoms with van der Waals surface area (Å²) in [5.74, 6) is -0.424. The van der Waals surface area contributed by atoms with Gasteiger partial charge in [-0.3, -0.25) is 9.88 Å². The molecule has 7 nitrogen and oxygen atoms in total. The first-order valence-corrected chi connectivity index (χ1v) is 11.7. The van der Waals surface area contributed by atoms with Crippen LogP contribution in [0.3, 0.4) is 0 Å². The highest BCUT2D eigenvalue weighted by Gasteiger charge is 2.19. The molecule has 0 saturated carbocycles. The van der Waals surface area contributed by atoms with E-state index < -0.39 is 11.6 Å². The van der Waals surface area contributed by atoms with E-state index in [4.69, 9.17) is 19.4 Å². The van der Waals surface area contributed by atoms with Gasteiger partial charge in [0.2, 0.25) is 0 Å². The summed E-state index contributed by atoms with van der Waals surface area (Å²) in [6.45, 7) is 8.82. The summed E-state index contributed by atoms with van der Waals surface area (Å²) in [7, 11) is 0. The summed E-state index contributed by atoms with van der Waals surface area (Å²) >= 11 is 0. The van der Waals surface area contributed by atoms with Crippen LogP contribution in [0.4, 0.5) is 20.3 Å². The Labute approximate surface area is 197 Å². The van der Waals surface area contributed by atoms with E-state index in [2.05, 4.69) is 27.2 Å². The van der Waals surface area contributed by atoms with Crippen molar-refractivity contribution in [3.8, 4) is 0 Å². The molecule has 2 aliphatic heterocycles. The molecule has 3 heterocycles. The van der Waals surface area contributed by atoms with Gasteiger partial charge in [0.1, 0.15) is 17.5 Å². The highest BCUT2D eigenvalue weighted by molar-refractivity contribution is 5.81. The molecule has 2 aromatic carbocycles. The lowest BCUT2D eigenvalue weighted by atomic mass is 10.0. The van der Waals surface area contributed by atoms with E-state index in [0.717, 1.165) is 80.0 Å². The van der Waals surface area contributed by atoms with Crippen LogP contribution < -0.4 is 10.2 Å². The summed E-state index contributed by atoms with van der Waals surface area (Å²) in [6.07, 6.45) is 1.82. The Bertz CT molecular complexity index is 1130. The Morgan fingerprint density at radius 1 is 0.941 bits per heavy atom. The van der Waals surface area contributed by atoms with Gasteiger partial charge in [-0.25, -0.2) is 13.8 Å². The molecule has 2 fully saturated rings. The van der Waals surface area contributed by atoms with E-state index in [0.29, 0.717) is 18.9 Å². The molecule has 1 aromatic heterocycles. The van der Waals surface area contributed by atoms with E-state index >= 15 is 0 Å². The van der Waals surface area contributed by atoms with Crippen LogP contribution in [0.1, 0.15) is 24.1 Å². The van der Waals surface area contributed by atoms with Crippen molar-refractivity contribution in [1.29, 1.82) is 0 Å². The molecule has 0 radical (unpaired) electrons. The Morgan fingerprint density at radius 3 is 2.32 bits per heavy atom. The van der Waals surface area contributed by atoms with Gasteiger partial charge < -0.3 is 19.7 Å². The zero-order chi connectivity index (χ0) is 23.5. The van der Waals surface area contributed by atoms with Gasteiger partial charge in [-0.1, -0.05) is 6.07 Å². The van der Waals surface area contributed by atoms with Crippen LogP contribution >= 0.6 is 0 Å². The molecule has 0 bridgehead atoms. The lowest BCUT2D eigenvalue weighted by Gasteiger charge is -2.29. The van der Waals surface area contributed by atoms with Crippen LogP contribution in [0, 0.1) is 11.6 Å². The first kappa shape index (κ1) is 22.9. The molecule has 1 unspecified atom stereocenters. The van der Waals surface area contributed by atoms with Crippen molar-refractivity contribution in [1.82, 2.24) is 14.9 Å². The van der Waals surface area contributed by atoms with Gasteiger partial charge >= 0.3 is 0 Å². The number of hydrogen-bond donors (Lipinski definition) is 1. The van der Waals surface area contributed by atoms with Gasteiger partial charge in [-0.15, -0.1) is 0 Å². The van der Waals surface area contributed by atoms with Crippen LogP contribution in [0.15, 0.2) is 36.5 Å². The number of fused-ring (bicyclic) bond motifs is 1. The van der Waals surface area contributed by atoms with Crippen molar-refractivity contribution < 1.29 is 18.3 Å². The standard InChI is InChI=1S/C25H29F2N5O2/c1-17(29-21-13-19(26)12-20(27)14-21)22-10-18(16-31-2-6-33-7-3-31)11-23-25(22)30-24(15-28-23)32-4-8-34-9-5-32/h10-15,17,29H,2-9,16H2,1H3. The molecule has 0 spiro atoms. The summed E-state index contributed by atoms with van der Waals surface area (Å²) in [5, 5.41) is 3.25. The number of nitrogens with one attached hydrogen (secondary N) is 1. The maximum absolute atomic E-state index is 13.8. The lowest BCUT2D eigenvalue weighted by molar-refractivity contribution is 0.0342. The van der Waals surface area contributed by atoms with Crippen LogP contribution in [-0.4, -0.2) is 67.5 Å². The molecule has 180 valence electrons. The fraction of sp³-hybridized carbons (Fsp3) is 0.440. The topological polar surface area (TPSA) is 62.8 Å². The first-order chi connectivity index (χ1) is 16.5. The second-order valence-corrected chi connectivity index (χ2v) is 8.79. The molecular weight excluding hydrogens is 440 g/mol. The second-order valence-electron chi connectivity index (χ2n) is 8.79. The molecule has 1 atom stereocenters. The minimum atomic E-state index is -0.616. The SMILES string of the molecule is CC(Nc1cc(F)cc(F)c1)c1cc(CN2CCOCC2)cc2ncc(N3CCOCC3)nc12. The predicted octanol–water partition coefficient (Wildman–Crippen LogP) is 3.75. The maximum Gasteiger partial charge on any atom is 0.148 e. The van der Waals surface area contributed by atoms with E-state index in [-0.39, 0.29) is 6.04 Å². The van der Waals surface area contributed by atoms with Crippen LogP contribution in [-0.2, 0) is 16.0 Å². The average molecular weight is 470 g/mol. The molecule has 0 aliphatic carbocycles. The van der Waals surface area contributed by atoms with E-state index in [1.54, 1.807) is 0 Å². The fourth-order valence-corrected chi connectivity index (χ4v) is 4.54. The predicted molar refractivity (Wildman–Crippen MR) is 127 cm³/mol. The normalized spacial score (nSPS) is 18.3. The lowest BCUT2D eigenvalue weighted by Crippen LogP contribution is -2.36. The highest BCUT2D eigenvalue weighted by Crippen LogP contribution is 2.29. The summed E-state index contributed by atoms with van der Waals surface area (Å²) < 4.78 is 38.5. The molecule has 34 heavy (non-hydrogen) atoms. The Morgan fingerprint density at radius 2 is 1.62 bits per heavy atom. The van der Waals surface area contributed by atoms with E-state index in [9.17, 15) is 8.78 Å². The van der Waals surface area contributed by atoms with Crippen molar-refractivity contribution >= 4 is 22.5 Å². The number of rotatable bonds is 6. The second kappa shape index (κ2) is 10.2. The van der Waals surface area contributed by atoms with Gasteiger partial charge in [0.15, 0.2) is 0 Å². The Balaban J connectivity index is 1.51. The number of benzene rings is 2. The van der Waals surface area contributed by atoms with Crippen LogP contribution in [0.2, 0.25) is 0 Å². The molecule has 5 rings (SSSR count). The van der Waals surface area contributed by atoms with Crippen molar-refractivity contribution in [2.75, 3.05) is 62.8 Å². The zero-order valence-corrected chi connectivity index (χ0v) is 19.3. The van der Waals surface area contributed by atoms with Crippen molar-refractivity contribution in [3.63, 3.8) is 0 Å². The number of hydrogen-bond acceptors (Lipinski definition) is 7.